The van der Waals surface area contributed by atoms with Crippen LogP contribution in [0.15, 0.2) is 53.6 Å². The summed E-state index contributed by atoms with van der Waals surface area (Å²) in [5, 5.41) is 7.40. The molecule has 1 atom stereocenters. The number of morpholine rings is 1. The predicted octanol–water partition coefficient (Wildman–Crippen LogP) is 3.57. The van der Waals surface area contributed by atoms with Gasteiger partial charge in [0.05, 0.1) is 25.0 Å². The number of thiocarbonyl (C=S) groups is 1. The second-order valence-corrected chi connectivity index (χ2v) is 7.50. The number of rotatable bonds is 3. The molecule has 2 aliphatic rings. The van der Waals surface area contributed by atoms with E-state index in [0.717, 1.165) is 49.6 Å². The van der Waals surface area contributed by atoms with Crippen LogP contribution < -0.4 is 10.6 Å². The molecule has 2 aliphatic heterocycles. The smallest absolute Gasteiger partial charge is 0.187 e. The molecule has 0 radical (unpaired) electrons. The van der Waals surface area contributed by atoms with Crippen LogP contribution in [-0.4, -0.2) is 42.1 Å². The fraction of sp³-hybridized carbons (Fsp3) is 0.300. The lowest BCUT2D eigenvalue weighted by Gasteiger charge is -2.28. The Kier molecular flexibility index (Phi) is 5.29. The molecule has 0 amide bonds. The van der Waals surface area contributed by atoms with Crippen molar-refractivity contribution in [2.75, 3.05) is 31.2 Å². The van der Waals surface area contributed by atoms with Gasteiger partial charge in [0.15, 0.2) is 5.11 Å². The number of benzene rings is 2. The Bertz CT molecular complexity index is 847. The molecule has 2 aromatic rings. The molecule has 7 heteroatoms. The van der Waals surface area contributed by atoms with Crippen molar-refractivity contribution in [1.29, 1.82) is 0 Å². The van der Waals surface area contributed by atoms with Crippen LogP contribution in [-0.2, 0) is 4.74 Å². The van der Waals surface area contributed by atoms with Gasteiger partial charge in [-0.05, 0) is 47.6 Å². The van der Waals surface area contributed by atoms with Gasteiger partial charge in [0.2, 0.25) is 0 Å². The number of hydrazone groups is 1. The van der Waals surface area contributed by atoms with E-state index >= 15 is 0 Å². The lowest BCUT2D eigenvalue weighted by molar-refractivity contribution is 0.122. The lowest BCUT2D eigenvalue weighted by Crippen LogP contribution is -2.36. The summed E-state index contributed by atoms with van der Waals surface area (Å²) in [6.45, 7) is 3.41. The van der Waals surface area contributed by atoms with Crippen LogP contribution in [0.4, 0.5) is 5.69 Å². The highest BCUT2D eigenvalue weighted by Gasteiger charge is 2.30. The number of hydrogen-bond acceptors (Lipinski definition) is 4. The van der Waals surface area contributed by atoms with Crippen LogP contribution in [0.5, 0.6) is 0 Å². The maximum atomic E-state index is 6.02. The number of hydrogen-bond donors (Lipinski definition) is 1. The first kappa shape index (κ1) is 18.2. The van der Waals surface area contributed by atoms with E-state index in [2.05, 4.69) is 29.2 Å². The topological polar surface area (TPSA) is 54.1 Å². The largest absolute Gasteiger partial charge is 0.378 e. The number of nitrogens with zero attached hydrogens (tertiary/aromatic N) is 3. The molecule has 0 bridgehead atoms. The van der Waals surface area contributed by atoms with Crippen molar-refractivity contribution in [2.24, 2.45) is 10.8 Å². The van der Waals surface area contributed by atoms with Gasteiger partial charge in [-0.1, -0.05) is 35.9 Å². The zero-order chi connectivity index (χ0) is 18.8. The molecule has 140 valence electrons. The molecule has 5 nitrogen and oxygen atoms in total. The number of ether oxygens (including phenoxy) is 1. The second kappa shape index (κ2) is 7.84. The second-order valence-electron chi connectivity index (χ2n) is 6.65. The summed E-state index contributed by atoms with van der Waals surface area (Å²) in [4.78, 5) is 2.33. The first-order valence-electron chi connectivity index (χ1n) is 8.96. The molecular weight excluding hydrogens is 380 g/mol. The highest BCUT2D eigenvalue weighted by Crippen LogP contribution is 2.33. The average Bonchev–Trinajstić information content (AvgIpc) is 3.15. The minimum Gasteiger partial charge on any atom is -0.378 e. The summed E-state index contributed by atoms with van der Waals surface area (Å²) in [7, 11) is 0. The van der Waals surface area contributed by atoms with Gasteiger partial charge in [-0.2, -0.15) is 5.10 Å². The summed E-state index contributed by atoms with van der Waals surface area (Å²) in [5.41, 5.74) is 10.3. The fourth-order valence-electron chi connectivity index (χ4n) is 3.52. The summed E-state index contributed by atoms with van der Waals surface area (Å²) >= 11 is 11.2. The van der Waals surface area contributed by atoms with Crippen LogP contribution in [0.25, 0.3) is 0 Å². The molecule has 4 rings (SSSR count). The Balaban J connectivity index is 1.55. The molecule has 0 aliphatic carbocycles. The van der Waals surface area contributed by atoms with Gasteiger partial charge >= 0.3 is 0 Å². The van der Waals surface area contributed by atoms with E-state index in [4.69, 9.17) is 39.4 Å². The van der Waals surface area contributed by atoms with Crippen molar-refractivity contribution >= 4 is 40.3 Å². The van der Waals surface area contributed by atoms with E-state index in [9.17, 15) is 0 Å². The average molecular weight is 401 g/mol. The molecule has 1 fully saturated rings. The summed E-state index contributed by atoms with van der Waals surface area (Å²) in [6, 6.07) is 16.3. The molecule has 2 N–H and O–H groups in total. The molecular formula is C20H21ClN4OS. The van der Waals surface area contributed by atoms with E-state index in [1.807, 2.05) is 24.3 Å². The number of anilines is 1. The third-order valence-corrected chi connectivity index (χ3v) is 5.41. The van der Waals surface area contributed by atoms with Gasteiger partial charge < -0.3 is 15.4 Å². The van der Waals surface area contributed by atoms with Crippen molar-refractivity contribution in [3.63, 3.8) is 0 Å². The van der Waals surface area contributed by atoms with Gasteiger partial charge in [0, 0.05) is 30.2 Å². The third kappa shape index (κ3) is 3.93. The summed E-state index contributed by atoms with van der Waals surface area (Å²) in [5.74, 6) is 0. The minimum absolute atomic E-state index is 0.00585. The van der Waals surface area contributed by atoms with Crippen LogP contribution in [0.3, 0.4) is 0 Å². The highest BCUT2D eigenvalue weighted by molar-refractivity contribution is 7.80. The molecule has 2 aromatic carbocycles. The van der Waals surface area contributed by atoms with Gasteiger partial charge in [0.25, 0.3) is 0 Å². The van der Waals surface area contributed by atoms with Crippen molar-refractivity contribution in [2.45, 2.75) is 12.5 Å². The Labute approximate surface area is 169 Å². The van der Waals surface area contributed by atoms with Crippen LogP contribution in [0.1, 0.15) is 23.6 Å². The van der Waals surface area contributed by atoms with E-state index in [-0.39, 0.29) is 11.2 Å². The standard InChI is InChI=1S/C20H21ClN4OS/c21-16-5-1-15(2-6-16)19-13-18(23-25(19)20(22)27)14-3-7-17(8-4-14)24-9-11-26-12-10-24/h1-8,19H,9-13H2,(H2,22,27). The molecule has 0 spiro atoms. The molecule has 2 heterocycles. The highest BCUT2D eigenvalue weighted by atomic mass is 35.5. The van der Waals surface area contributed by atoms with Crippen LogP contribution >= 0.6 is 23.8 Å². The summed E-state index contributed by atoms with van der Waals surface area (Å²) in [6.07, 6.45) is 0.746. The Morgan fingerprint density at radius 2 is 1.74 bits per heavy atom. The first-order valence-corrected chi connectivity index (χ1v) is 9.75. The zero-order valence-corrected chi connectivity index (χ0v) is 16.4. The van der Waals surface area contributed by atoms with Crippen LogP contribution in [0.2, 0.25) is 5.02 Å². The van der Waals surface area contributed by atoms with E-state index < -0.39 is 0 Å². The normalized spacial score (nSPS) is 19.9. The third-order valence-electron chi connectivity index (χ3n) is 4.97. The predicted molar refractivity (Wildman–Crippen MR) is 113 cm³/mol. The quantitative estimate of drug-likeness (QED) is 0.798. The first-order chi connectivity index (χ1) is 13.1. The van der Waals surface area contributed by atoms with Crippen molar-refractivity contribution in [3.05, 3.63) is 64.7 Å². The SMILES string of the molecule is NC(=S)N1N=C(c2ccc(N3CCOCC3)cc2)CC1c1ccc(Cl)cc1. The van der Waals surface area contributed by atoms with E-state index in [1.54, 1.807) is 5.01 Å². The Hall–Kier alpha value is -2.15. The lowest BCUT2D eigenvalue weighted by atomic mass is 9.98. The van der Waals surface area contributed by atoms with Crippen molar-refractivity contribution in [1.82, 2.24) is 5.01 Å². The maximum Gasteiger partial charge on any atom is 0.187 e. The zero-order valence-electron chi connectivity index (χ0n) is 14.8. The molecule has 27 heavy (non-hydrogen) atoms. The number of nitrogens with two attached hydrogens (primary N) is 1. The van der Waals surface area contributed by atoms with E-state index in [1.165, 1.54) is 5.69 Å². The van der Waals surface area contributed by atoms with Gasteiger partial charge in [-0.15, -0.1) is 0 Å². The molecule has 0 aromatic heterocycles. The molecule has 1 saturated heterocycles. The summed E-state index contributed by atoms with van der Waals surface area (Å²) < 4.78 is 5.42. The fourth-order valence-corrected chi connectivity index (χ4v) is 3.81. The van der Waals surface area contributed by atoms with Gasteiger partial charge in [0.1, 0.15) is 0 Å². The van der Waals surface area contributed by atoms with E-state index in [0.29, 0.717) is 5.02 Å². The number of halogens is 1. The van der Waals surface area contributed by atoms with Gasteiger partial charge in [-0.25, -0.2) is 5.01 Å². The van der Waals surface area contributed by atoms with Crippen molar-refractivity contribution < 1.29 is 4.74 Å². The molecule has 1 unspecified atom stereocenters. The van der Waals surface area contributed by atoms with Gasteiger partial charge in [-0.3, -0.25) is 0 Å². The Morgan fingerprint density at radius 3 is 2.37 bits per heavy atom. The maximum absolute atomic E-state index is 6.02. The van der Waals surface area contributed by atoms with Crippen LogP contribution in [0, 0.1) is 0 Å². The molecule has 0 saturated carbocycles. The Morgan fingerprint density at radius 1 is 1.07 bits per heavy atom. The van der Waals surface area contributed by atoms with Crippen molar-refractivity contribution in [3.8, 4) is 0 Å². The monoisotopic (exact) mass is 400 g/mol. The minimum atomic E-state index is -0.00585.